The molecule has 0 aromatic heterocycles. The van der Waals surface area contributed by atoms with Gasteiger partial charge in [0.1, 0.15) is 23.1 Å². The number of methoxy groups -OCH3 is 1. The molecule has 0 aliphatic carbocycles. The second-order valence-electron chi connectivity index (χ2n) is 9.11. The average Bonchev–Trinajstić information content (AvgIpc) is 3.33. The number of alkyl halides is 3. The molecule has 1 amide bonds. The minimum atomic E-state index is -4.42. The van der Waals surface area contributed by atoms with Crippen LogP contribution in [0.1, 0.15) is 43.4 Å². The van der Waals surface area contributed by atoms with Gasteiger partial charge < -0.3 is 19.5 Å². The monoisotopic (exact) mass is 492 g/mol. The second-order valence-corrected chi connectivity index (χ2v) is 9.11. The van der Waals surface area contributed by atoms with Crippen LogP contribution in [-0.4, -0.2) is 55.9 Å². The SMILES string of the molecule is COc1ccc([C@H](C)NC(=O)C2(N3CC[C@@H](Oc4cccc(C(F)(F)F)c4)C3)CCOCC2)cc1. The smallest absolute Gasteiger partial charge is 0.416 e. The Morgan fingerprint density at radius 1 is 1.14 bits per heavy atom. The van der Waals surface area contributed by atoms with Gasteiger partial charge >= 0.3 is 6.18 Å². The van der Waals surface area contributed by atoms with Crippen molar-refractivity contribution in [3.8, 4) is 11.5 Å². The van der Waals surface area contributed by atoms with E-state index in [1.54, 1.807) is 7.11 Å². The summed E-state index contributed by atoms with van der Waals surface area (Å²) in [6.07, 6.45) is -3.01. The van der Waals surface area contributed by atoms with Crippen LogP contribution in [0.15, 0.2) is 48.5 Å². The molecule has 2 aromatic carbocycles. The molecule has 2 aliphatic rings. The van der Waals surface area contributed by atoms with Crippen molar-refractivity contribution in [1.82, 2.24) is 10.2 Å². The maximum atomic E-state index is 13.6. The molecule has 2 aliphatic heterocycles. The largest absolute Gasteiger partial charge is 0.497 e. The Kier molecular flexibility index (Phi) is 7.56. The third kappa shape index (κ3) is 5.73. The zero-order chi connectivity index (χ0) is 25.1. The number of rotatable bonds is 7. The molecule has 9 heteroatoms. The van der Waals surface area contributed by atoms with Crippen LogP contribution in [0.3, 0.4) is 0 Å². The number of carbonyl (C=O) groups excluding carboxylic acids is 1. The molecule has 0 unspecified atom stereocenters. The van der Waals surface area contributed by atoms with Crippen molar-refractivity contribution in [2.45, 2.75) is 50.0 Å². The van der Waals surface area contributed by atoms with E-state index in [4.69, 9.17) is 14.2 Å². The summed E-state index contributed by atoms with van der Waals surface area (Å²) in [5.41, 5.74) is -0.517. The molecule has 4 rings (SSSR count). The lowest BCUT2D eigenvalue weighted by atomic mass is 9.86. The van der Waals surface area contributed by atoms with Gasteiger partial charge in [-0.3, -0.25) is 9.69 Å². The van der Waals surface area contributed by atoms with Gasteiger partial charge in [-0.1, -0.05) is 18.2 Å². The zero-order valence-electron chi connectivity index (χ0n) is 19.9. The number of hydrogen-bond donors (Lipinski definition) is 1. The number of halogens is 3. The van der Waals surface area contributed by atoms with Gasteiger partial charge in [-0.15, -0.1) is 0 Å². The van der Waals surface area contributed by atoms with Crippen molar-refractivity contribution >= 4 is 5.91 Å². The van der Waals surface area contributed by atoms with Crippen LogP contribution in [-0.2, 0) is 15.7 Å². The molecule has 0 radical (unpaired) electrons. The number of nitrogens with zero attached hydrogens (tertiary/aromatic N) is 1. The molecule has 2 heterocycles. The fourth-order valence-electron chi connectivity index (χ4n) is 4.85. The van der Waals surface area contributed by atoms with Crippen LogP contribution in [0.4, 0.5) is 13.2 Å². The summed E-state index contributed by atoms with van der Waals surface area (Å²) in [6.45, 7) is 3.96. The van der Waals surface area contributed by atoms with Crippen LogP contribution >= 0.6 is 0 Å². The molecule has 1 N–H and O–H groups in total. The summed E-state index contributed by atoms with van der Waals surface area (Å²) in [6, 6.07) is 12.3. The molecule has 0 saturated carbocycles. The van der Waals surface area contributed by atoms with Gasteiger partial charge in [0.25, 0.3) is 0 Å². The number of likely N-dealkylation sites (tertiary alicyclic amines) is 1. The fourth-order valence-corrected chi connectivity index (χ4v) is 4.85. The van der Waals surface area contributed by atoms with Gasteiger partial charge in [-0.25, -0.2) is 0 Å². The number of amides is 1. The predicted octanol–water partition coefficient (Wildman–Crippen LogP) is 4.59. The summed E-state index contributed by atoms with van der Waals surface area (Å²) in [5.74, 6) is 0.867. The lowest BCUT2D eigenvalue weighted by Gasteiger charge is -2.43. The van der Waals surface area contributed by atoms with E-state index in [1.807, 2.05) is 31.2 Å². The first kappa shape index (κ1) is 25.3. The van der Waals surface area contributed by atoms with Crippen molar-refractivity contribution in [3.05, 3.63) is 59.7 Å². The standard InChI is InChI=1S/C26H31F3N2O4/c1-18(19-6-8-21(33-2)9-7-19)30-24(32)25(11-14-34-15-12-25)31-13-10-23(17-31)35-22-5-3-4-20(16-22)26(27,28)29/h3-9,16,18,23H,10-15,17H2,1-2H3,(H,30,32)/t18-,23+/m0/s1. The molecule has 35 heavy (non-hydrogen) atoms. The molecule has 190 valence electrons. The van der Waals surface area contributed by atoms with Crippen LogP contribution in [0, 0.1) is 0 Å². The van der Waals surface area contributed by atoms with Crippen molar-refractivity contribution < 1.29 is 32.2 Å². The first-order valence-electron chi connectivity index (χ1n) is 11.8. The highest BCUT2D eigenvalue weighted by molar-refractivity contribution is 5.87. The maximum absolute atomic E-state index is 13.6. The molecule has 2 atom stereocenters. The Balaban J connectivity index is 1.45. The average molecular weight is 493 g/mol. The van der Waals surface area contributed by atoms with Crippen molar-refractivity contribution in [2.24, 2.45) is 0 Å². The number of carbonyl (C=O) groups is 1. The normalized spacial score (nSPS) is 21.3. The summed E-state index contributed by atoms with van der Waals surface area (Å²) in [5, 5.41) is 3.17. The summed E-state index contributed by atoms with van der Waals surface area (Å²) >= 11 is 0. The number of nitrogens with one attached hydrogen (secondary N) is 1. The first-order chi connectivity index (χ1) is 16.7. The Morgan fingerprint density at radius 3 is 2.51 bits per heavy atom. The highest BCUT2D eigenvalue weighted by Crippen LogP contribution is 2.35. The van der Waals surface area contributed by atoms with E-state index in [0.717, 1.165) is 23.4 Å². The maximum Gasteiger partial charge on any atom is 0.416 e. The Hall–Kier alpha value is -2.78. The number of ether oxygens (including phenoxy) is 3. The first-order valence-corrected chi connectivity index (χ1v) is 11.8. The van der Waals surface area contributed by atoms with E-state index in [1.165, 1.54) is 12.1 Å². The Labute approximate surface area is 203 Å². The lowest BCUT2D eigenvalue weighted by Crippen LogP contribution is -2.61. The summed E-state index contributed by atoms with van der Waals surface area (Å²) in [7, 11) is 1.61. The minimum Gasteiger partial charge on any atom is -0.497 e. The Morgan fingerprint density at radius 2 is 1.86 bits per heavy atom. The van der Waals surface area contributed by atoms with E-state index in [9.17, 15) is 18.0 Å². The van der Waals surface area contributed by atoms with Crippen LogP contribution < -0.4 is 14.8 Å². The van der Waals surface area contributed by atoms with Crippen molar-refractivity contribution in [3.63, 3.8) is 0 Å². The van der Waals surface area contributed by atoms with Gasteiger partial charge in [0.2, 0.25) is 5.91 Å². The molecule has 2 aromatic rings. The molecule has 0 bridgehead atoms. The van der Waals surface area contributed by atoms with E-state index in [2.05, 4.69) is 10.2 Å². The molecule has 2 fully saturated rings. The zero-order valence-corrected chi connectivity index (χ0v) is 19.9. The lowest BCUT2D eigenvalue weighted by molar-refractivity contribution is -0.141. The topological polar surface area (TPSA) is 60.0 Å². The van der Waals surface area contributed by atoms with E-state index >= 15 is 0 Å². The van der Waals surface area contributed by atoms with Gasteiger partial charge in [-0.2, -0.15) is 13.2 Å². The van der Waals surface area contributed by atoms with E-state index in [0.29, 0.717) is 45.6 Å². The Bertz CT molecular complexity index is 1010. The fraction of sp³-hybridized carbons (Fsp3) is 0.500. The van der Waals surface area contributed by atoms with Crippen LogP contribution in [0.2, 0.25) is 0 Å². The number of benzene rings is 2. The highest BCUT2D eigenvalue weighted by atomic mass is 19.4. The minimum absolute atomic E-state index is 0.0659. The third-order valence-electron chi connectivity index (χ3n) is 6.92. The van der Waals surface area contributed by atoms with E-state index in [-0.39, 0.29) is 23.8 Å². The van der Waals surface area contributed by atoms with Gasteiger partial charge in [0, 0.05) is 26.3 Å². The summed E-state index contributed by atoms with van der Waals surface area (Å²) in [4.78, 5) is 15.8. The van der Waals surface area contributed by atoms with Crippen LogP contribution in [0.5, 0.6) is 11.5 Å². The second kappa shape index (κ2) is 10.5. The predicted molar refractivity (Wildman–Crippen MR) is 124 cm³/mol. The van der Waals surface area contributed by atoms with Crippen LogP contribution in [0.25, 0.3) is 0 Å². The van der Waals surface area contributed by atoms with E-state index < -0.39 is 17.3 Å². The molecule has 0 spiro atoms. The highest BCUT2D eigenvalue weighted by Gasteiger charge is 2.48. The van der Waals surface area contributed by atoms with Crippen molar-refractivity contribution in [2.75, 3.05) is 33.4 Å². The van der Waals surface area contributed by atoms with Gasteiger partial charge in [-0.05, 0) is 62.1 Å². The summed E-state index contributed by atoms with van der Waals surface area (Å²) < 4.78 is 55.9. The molecular formula is C26H31F3N2O4. The van der Waals surface area contributed by atoms with Gasteiger partial charge in [0.15, 0.2) is 0 Å². The molecular weight excluding hydrogens is 461 g/mol. The number of hydrogen-bond acceptors (Lipinski definition) is 5. The van der Waals surface area contributed by atoms with Crippen molar-refractivity contribution in [1.29, 1.82) is 0 Å². The molecule has 6 nitrogen and oxygen atoms in total. The third-order valence-corrected chi connectivity index (χ3v) is 6.92. The van der Waals surface area contributed by atoms with Gasteiger partial charge in [0.05, 0.1) is 18.7 Å². The quantitative estimate of drug-likeness (QED) is 0.613. The molecule has 2 saturated heterocycles.